The van der Waals surface area contributed by atoms with E-state index in [1.165, 1.54) is 24.4 Å². The number of benzene rings is 1. The number of hydrogen-bond donors (Lipinski definition) is 2. The summed E-state index contributed by atoms with van der Waals surface area (Å²) in [5.74, 6) is -3.57. The van der Waals surface area contributed by atoms with Gasteiger partial charge < -0.3 is 10.8 Å². The maximum Gasteiger partial charge on any atom is 0.200 e. The Balaban J connectivity index is 1.83. The zero-order valence-electron chi connectivity index (χ0n) is 14.5. The molecule has 7 nitrogen and oxygen atoms in total. The van der Waals surface area contributed by atoms with Crippen LogP contribution >= 0.6 is 0 Å². The van der Waals surface area contributed by atoms with Crippen molar-refractivity contribution in [3.05, 3.63) is 54.3 Å². The number of aromatic nitrogens is 5. The molecule has 0 bridgehead atoms. The minimum Gasteiger partial charge on any atom is -0.505 e. The fourth-order valence-electron chi connectivity index (χ4n) is 2.88. The lowest BCUT2D eigenvalue weighted by atomic mass is 10.0. The molecule has 1 aromatic carbocycles. The zero-order valence-corrected chi connectivity index (χ0v) is 14.5. The highest BCUT2D eigenvalue weighted by molar-refractivity contribution is 5.78. The third kappa shape index (κ3) is 3.20. The number of pyridine rings is 1. The van der Waals surface area contributed by atoms with Gasteiger partial charge in [-0.15, -0.1) is 5.10 Å². The average molecular weight is 404 g/mol. The van der Waals surface area contributed by atoms with Gasteiger partial charge in [0.2, 0.25) is 0 Å². The number of nitrogens with zero attached hydrogens (tertiary/aromatic N) is 5. The van der Waals surface area contributed by atoms with Crippen LogP contribution in [0.15, 0.2) is 42.6 Å². The molecule has 0 aliphatic heterocycles. The number of phenolic OH excluding ortho intramolecular Hbond substituents is 1. The van der Waals surface area contributed by atoms with Gasteiger partial charge in [-0.2, -0.15) is 9.07 Å². The van der Waals surface area contributed by atoms with Crippen molar-refractivity contribution < 1.29 is 22.7 Å². The van der Waals surface area contributed by atoms with Crippen molar-refractivity contribution in [2.24, 2.45) is 0 Å². The summed E-state index contributed by atoms with van der Waals surface area (Å²) in [5, 5.41) is 20.5. The first-order valence-electron chi connectivity index (χ1n) is 8.26. The molecule has 1 aliphatic rings. The van der Waals surface area contributed by atoms with Gasteiger partial charge in [0.25, 0.3) is 0 Å². The van der Waals surface area contributed by atoms with E-state index < -0.39 is 29.7 Å². The van der Waals surface area contributed by atoms with Crippen LogP contribution in [0.4, 0.5) is 23.4 Å². The first-order valence-corrected chi connectivity index (χ1v) is 8.26. The van der Waals surface area contributed by atoms with E-state index in [-0.39, 0.29) is 34.0 Å². The van der Waals surface area contributed by atoms with Gasteiger partial charge in [-0.1, -0.05) is 6.08 Å². The molecule has 2 aromatic heterocycles. The molecular formula is C18H12F4N6O. The Kier molecular flexibility index (Phi) is 4.49. The topological polar surface area (TPSA) is 103 Å². The van der Waals surface area contributed by atoms with Crippen LogP contribution in [0.3, 0.4) is 0 Å². The molecule has 1 aliphatic carbocycles. The molecule has 0 spiro atoms. The van der Waals surface area contributed by atoms with Crippen molar-refractivity contribution in [1.82, 2.24) is 25.2 Å². The van der Waals surface area contributed by atoms with E-state index in [1.807, 2.05) is 0 Å². The fourth-order valence-corrected chi connectivity index (χ4v) is 2.88. The fraction of sp³-hybridized carbons (Fsp3) is 0.111. The predicted octanol–water partition coefficient (Wildman–Crippen LogP) is 3.06. The van der Waals surface area contributed by atoms with Gasteiger partial charge in [-0.25, -0.2) is 18.2 Å². The quantitative estimate of drug-likeness (QED) is 0.651. The highest BCUT2D eigenvalue weighted by Crippen LogP contribution is 2.33. The van der Waals surface area contributed by atoms with Gasteiger partial charge in [0.1, 0.15) is 5.82 Å². The molecular weight excluding hydrogens is 392 g/mol. The Morgan fingerprint density at radius 3 is 2.66 bits per heavy atom. The smallest absolute Gasteiger partial charge is 0.200 e. The number of nitrogen functional groups attached to an aromatic ring is 1. The van der Waals surface area contributed by atoms with Gasteiger partial charge in [0, 0.05) is 11.8 Å². The van der Waals surface area contributed by atoms with E-state index in [9.17, 15) is 22.7 Å². The van der Waals surface area contributed by atoms with Crippen LogP contribution in [-0.4, -0.2) is 42.6 Å². The van der Waals surface area contributed by atoms with Crippen LogP contribution in [0, 0.1) is 11.6 Å². The number of anilines is 1. The number of rotatable bonds is 3. The van der Waals surface area contributed by atoms with Gasteiger partial charge in [-0.05, 0) is 46.3 Å². The summed E-state index contributed by atoms with van der Waals surface area (Å²) >= 11 is 0. The summed E-state index contributed by atoms with van der Waals surface area (Å²) in [6.07, 6.45) is 1.13. The standard InChI is InChI=1S/C18H12F4N6O/c19-11-2-1-3-13(15(11)21)28-18(25-26-27-28)10-4-9(7-24-17(10)23)8-5-12(20)16(22)14(29)6-8/h1-7,11,15,29H,(H2,23,24). The summed E-state index contributed by atoms with van der Waals surface area (Å²) in [4.78, 5) is 3.98. The second-order valence-electron chi connectivity index (χ2n) is 6.18. The first kappa shape index (κ1) is 18.6. The third-order valence-corrected chi connectivity index (χ3v) is 4.34. The molecule has 3 N–H and O–H groups in total. The van der Waals surface area contributed by atoms with E-state index in [1.54, 1.807) is 0 Å². The van der Waals surface area contributed by atoms with Crippen molar-refractivity contribution in [2.45, 2.75) is 12.3 Å². The van der Waals surface area contributed by atoms with Crippen molar-refractivity contribution in [2.75, 3.05) is 5.73 Å². The minimum absolute atomic E-state index is 0.0277. The largest absolute Gasteiger partial charge is 0.505 e. The van der Waals surface area contributed by atoms with Crippen LogP contribution in [0.25, 0.3) is 28.2 Å². The lowest BCUT2D eigenvalue weighted by Crippen LogP contribution is -2.23. The Bertz CT molecular complexity index is 1140. The Labute approximate surface area is 160 Å². The number of tetrazole rings is 1. The number of aromatic hydroxyl groups is 1. The Morgan fingerprint density at radius 2 is 1.90 bits per heavy atom. The van der Waals surface area contributed by atoms with Crippen molar-refractivity contribution >= 4 is 11.5 Å². The minimum atomic E-state index is -2.00. The second kappa shape index (κ2) is 7.00. The van der Waals surface area contributed by atoms with Gasteiger partial charge in [0.05, 0.1) is 11.3 Å². The van der Waals surface area contributed by atoms with E-state index in [4.69, 9.17) is 5.73 Å². The number of phenols is 1. The van der Waals surface area contributed by atoms with Gasteiger partial charge in [0.15, 0.2) is 35.6 Å². The van der Waals surface area contributed by atoms with Crippen molar-refractivity contribution in [3.63, 3.8) is 0 Å². The molecule has 4 rings (SSSR count). The number of hydrogen-bond acceptors (Lipinski definition) is 6. The molecule has 0 fully saturated rings. The molecule has 0 saturated carbocycles. The highest BCUT2D eigenvalue weighted by atomic mass is 19.2. The molecule has 29 heavy (non-hydrogen) atoms. The molecule has 0 amide bonds. The normalized spacial score (nSPS) is 18.7. The maximum atomic E-state index is 14.3. The van der Waals surface area contributed by atoms with Crippen LogP contribution < -0.4 is 5.73 Å². The van der Waals surface area contributed by atoms with Crippen LogP contribution in [0.2, 0.25) is 0 Å². The number of nitrogens with two attached hydrogens (primary N) is 1. The number of allylic oxidation sites excluding steroid dienone is 4. The highest BCUT2D eigenvalue weighted by Gasteiger charge is 2.29. The van der Waals surface area contributed by atoms with Crippen molar-refractivity contribution in [1.29, 1.82) is 0 Å². The lowest BCUT2D eigenvalue weighted by molar-refractivity contribution is 0.246. The SMILES string of the molecule is Nc1ncc(-c2cc(O)c(F)c(F)c2)cc1-c1nnnn1C1=CC=CC(F)C1F. The van der Waals surface area contributed by atoms with Crippen LogP contribution in [0.1, 0.15) is 0 Å². The summed E-state index contributed by atoms with van der Waals surface area (Å²) in [7, 11) is 0. The predicted molar refractivity (Wildman–Crippen MR) is 95.7 cm³/mol. The Hall–Kier alpha value is -3.76. The van der Waals surface area contributed by atoms with Crippen molar-refractivity contribution in [3.8, 4) is 28.3 Å². The van der Waals surface area contributed by atoms with Crippen LogP contribution in [-0.2, 0) is 0 Å². The van der Waals surface area contributed by atoms with E-state index in [0.29, 0.717) is 0 Å². The lowest BCUT2D eigenvalue weighted by Gasteiger charge is -2.18. The molecule has 148 valence electrons. The van der Waals surface area contributed by atoms with E-state index in [2.05, 4.69) is 20.5 Å². The number of halogens is 4. The molecule has 0 saturated heterocycles. The second-order valence-corrected chi connectivity index (χ2v) is 6.18. The summed E-state index contributed by atoms with van der Waals surface area (Å²) in [6.45, 7) is 0. The third-order valence-electron chi connectivity index (χ3n) is 4.34. The maximum absolute atomic E-state index is 14.3. The Morgan fingerprint density at radius 1 is 1.10 bits per heavy atom. The molecule has 11 heteroatoms. The molecule has 3 aromatic rings. The molecule has 2 atom stereocenters. The van der Waals surface area contributed by atoms with Gasteiger partial charge >= 0.3 is 0 Å². The van der Waals surface area contributed by atoms with E-state index >= 15 is 0 Å². The van der Waals surface area contributed by atoms with E-state index in [0.717, 1.165) is 22.9 Å². The number of alkyl halides is 2. The zero-order chi connectivity index (χ0) is 20.7. The molecule has 2 unspecified atom stereocenters. The van der Waals surface area contributed by atoms with Gasteiger partial charge in [-0.3, -0.25) is 0 Å². The molecule has 0 radical (unpaired) electrons. The van der Waals surface area contributed by atoms with Crippen LogP contribution in [0.5, 0.6) is 5.75 Å². The first-order chi connectivity index (χ1) is 13.9. The monoisotopic (exact) mass is 404 g/mol. The summed E-state index contributed by atoms with van der Waals surface area (Å²) < 4.78 is 56.0. The summed E-state index contributed by atoms with van der Waals surface area (Å²) in [5.41, 5.74) is 6.28. The average Bonchev–Trinajstić information content (AvgIpc) is 3.17. The summed E-state index contributed by atoms with van der Waals surface area (Å²) in [6, 6.07) is 3.29. The molecule has 2 heterocycles.